The average molecular weight is 230 g/mol. The van der Waals surface area contributed by atoms with Crippen LogP contribution in [0.1, 0.15) is 24.8 Å². The average Bonchev–Trinajstić information content (AvgIpc) is 2.38. The van der Waals surface area contributed by atoms with Crippen LogP contribution in [0.4, 0.5) is 0 Å². The zero-order chi connectivity index (χ0) is 12.3. The van der Waals surface area contributed by atoms with Gasteiger partial charge in [-0.3, -0.25) is 0 Å². The summed E-state index contributed by atoms with van der Waals surface area (Å²) < 4.78 is 5.63. The van der Waals surface area contributed by atoms with Gasteiger partial charge in [-0.05, 0) is 30.7 Å². The van der Waals surface area contributed by atoms with Crippen molar-refractivity contribution < 1.29 is 4.74 Å². The van der Waals surface area contributed by atoms with Crippen LogP contribution < -0.4 is 0 Å². The highest BCUT2D eigenvalue weighted by Gasteiger charge is 2.01. The van der Waals surface area contributed by atoms with Crippen molar-refractivity contribution in [1.29, 1.82) is 0 Å². The molecule has 0 amide bonds. The van der Waals surface area contributed by atoms with Crippen molar-refractivity contribution in [3.63, 3.8) is 0 Å². The van der Waals surface area contributed by atoms with E-state index in [-0.39, 0.29) is 0 Å². The van der Waals surface area contributed by atoms with E-state index in [1.807, 2.05) is 30.4 Å². The predicted octanol–water partition coefficient (Wildman–Crippen LogP) is 4.36. The van der Waals surface area contributed by atoms with Gasteiger partial charge in [-0.15, -0.1) is 13.2 Å². The Balaban J connectivity index is 2.08. The van der Waals surface area contributed by atoms with E-state index in [1.165, 1.54) is 5.56 Å². The molecule has 17 heavy (non-hydrogen) atoms. The van der Waals surface area contributed by atoms with E-state index in [0.29, 0.717) is 12.5 Å². The van der Waals surface area contributed by atoms with Gasteiger partial charge in [0.1, 0.15) is 0 Å². The summed E-state index contributed by atoms with van der Waals surface area (Å²) in [6, 6.07) is 10.3. The van der Waals surface area contributed by atoms with E-state index in [1.54, 1.807) is 0 Å². The molecule has 1 atom stereocenters. The third-order valence-electron chi connectivity index (χ3n) is 2.78. The van der Waals surface area contributed by atoms with Crippen molar-refractivity contribution >= 4 is 0 Å². The van der Waals surface area contributed by atoms with E-state index >= 15 is 0 Å². The summed E-state index contributed by atoms with van der Waals surface area (Å²) in [5, 5.41) is 0. The van der Waals surface area contributed by atoms with Crippen LogP contribution in [0.15, 0.2) is 55.6 Å². The van der Waals surface area contributed by atoms with Gasteiger partial charge in [-0.2, -0.15) is 0 Å². The van der Waals surface area contributed by atoms with Gasteiger partial charge in [-0.1, -0.05) is 42.5 Å². The Morgan fingerprint density at radius 3 is 2.59 bits per heavy atom. The van der Waals surface area contributed by atoms with Gasteiger partial charge in [0.2, 0.25) is 0 Å². The molecule has 1 nitrogen and oxygen atoms in total. The first-order chi connectivity index (χ1) is 8.36. The molecule has 0 bridgehead atoms. The number of hydrogen-bond acceptors (Lipinski definition) is 1. The SMILES string of the molecule is C=CCC(C=C)CCCOCc1ccccc1. The Labute approximate surface area is 105 Å². The topological polar surface area (TPSA) is 9.23 Å². The summed E-state index contributed by atoms with van der Waals surface area (Å²) in [7, 11) is 0. The van der Waals surface area contributed by atoms with Gasteiger partial charge in [0, 0.05) is 6.61 Å². The molecule has 1 heteroatoms. The van der Waals surface area contributed by atoms with Crippen molar-refractivity contribution in [2.45, 2.75) is 25.9 Å². The van der Waals surface area contributed by atoms with E-state index in [9.17, 15) is 0 Å². The Hall–Kier alpha value is -1.34. The van der Waals surface area contributed by atoms with Gasteiger partial charge in [0.05, 0.1) is 6.61 Å². The predicted molar refractivity (Wildman–Crippen MR) is 73.8 cm³/mol. The second-order valence-corrected chi connectivity index (χ2v) is 4.20. The molecule has 0 heterocycles. The normalized spacial score (nSPS) is 12.0. The fraction of sp³-hybridized carbons (Fsp3) is 0.375. The van der Waals surface area contributed by atoms with Crippen LogP contribution in [0, 0.1) is 5.92 Å². The highest BCUT2D eigenvalue weighted by molar-refractivity contribution is 5.13. The molecule has 1 aromatic carbocycles. The molecule has 92 valence electrons. The van der Waals surface area contributed by atoms with Crippen molar-refractivity contribution in [2.24, 2.45) is 5.92 Å². The standard InChI is InChI=1S/C16H22O/c1-3-9-15(4-2)12-8-13-17-14-16-10-6-5-7-11-16/h3-7,10-11,15H,1-2,8-9,12-14H2. The van der Waals surface area contributed by atoms with Crippen LogP contribution in [-0.2, 0) is 11.3 Å². The van der Waals surface area contributed by atoms with Crippen molar-refractivity contribution in [3.8, 4) is 0 Å². The fourth-order valence-electron chi connectivity index (χ4n) is 1.76. The minimum Gasteiger partial charge on any atom is -0.377 e. The summed E-state index contributed by atoms with van der Waals surface area (Å²) in [6.07, 6.45) is 7.19. The first-order valence-corrected chi connectivity index (χ1v) is 6.22. The lowest BCUT2D eigenvalue weighted by Gasteiger charge is -2.09. The molecule has 1 unspecified atom stereocenters. The number of ether oxygens (including phenoxy) is 1. The van der Waals surface area contributed by atoms with Crippen molar-refractivity contribution in [3.05, 3.63) is 61.2 Å². The molecule has 0 spiro atoms. The van der Waals surface area contributed by atoms with Crippen LogP contribution >= 0.6 is 0 Å². The molecule has 0 radical (unpaired) electrons. The Morgan fingerprint density at radius 2 is 1.94 bits per heavy atom. The van der Waals surface area contributed by atoms with Gasteiger partial charge < -0.3 is 4.74 Å². The molecule has 1 rings (SSSR count). The first kappa shape index (κ1) is 13.7. The van der Waals surface area contributed by atoms with E-state index in [0.717, 1.165) is 25.9 Å². The molecule has 0 aliphatic rings. The highest BCUT2D eigenvalue weighted by Crippen LogP contribution is 2.13. The molecule has 0 saturated carbocycles. The lowest BCUT2D eigenvalue weighted by molar-refractivity contribution is 0.115. The zero-order valence-corrected chi connectivity index (χ0v) is 10.5. The molecule has 1 aromatic rings. The first-order valence-electron chi connectivity index (χ1n) is 6.22. The maximum absolute atomic E-state index is 5.63. The summed E-state index contributed by atoms with van der Waals surface area (Å²) in [6.45, 7) is 9.12. The molecular formula is C16H22O. The second kappa shape index (κ2) is 8.77. The number of allylic oxidation sites excluding steroid dienone is 2. The van der Waals surface area contributed by atoms with Crippen LogP contribution in [0.25, 0.3) is 0 Å². The lowest BCUT2D eigenvalue weighted by atomic mass is 10.00. The summed E-state index contributed by atoms with van der Waals surface area (Å²) >= 11 is 0. The van der Waals surface area contributed by atoms with E-state index in [2.05, 4.69) is 25.3 Å². The second-order valence-electron chi connectivity index (χ2n) is 4.20. The quantitative estimate of drug-likeness (QED) is 0.452. The fourth-order valence-corrected chi connectivity index (χ4v) is 1.76. The number of hydrogen-bond donors (Lipinski definition) is 0. The Kier molecular flexibility index (Phi) is 7.08. The van der Waals surface area contributed by atoms with Crippen LogP contribution in [-0.4, -0.2) is 6.61 Å². The third kappa shape index (κ3) is 6.08. The molecule has 0 saturated heterocycles. The largest absolute Gasteiger partial charge is 0.377 e. The van der Waals surface area contributed by atoms with Crippen molar-refractivity contribution in [2.75, 3.05) is 6.61 Å². The minimum absolute atomic E-state index is 0.549. The van der Waals surface area contributed by atoms with Gasteiger partial charge in [0.15, 0.2) is 0 Å². The van der Waals surface area contributed by atoms with Gasteiger partial charge in [-0.25, -0.2) is 0 Å². The zero-order valence-electron chi connectivity index (χ0n) is 10.5. The number of benzene rings is 1. The highest BCUT2D eigenvalue weighted by atomic mass is 16.5. The summed E-state index contributed by atoms with van der Waals surface area (Å²) in [4.78, 5) is 0. The van der Waals surface area contributed by atoms with Crippen LogP contribution in [0.2, 0.25) is 0 Å². The monoisotopic (exact) mass is 230 g/mol. The lowest BCUT2D eigenvalue weighted by Crippen LogP contribution is -2.00. The molecule has 0 fully saturated rings. The van der Waals surface area contributed by atoms with E-state index < -0.39 is 0 Å². The van der Waals surface area contributed by atoms with Crippen molar-refractivity contribution in [1.82, 2.24) is 0 Å². The summed E-state index contributed by atoms with van der Waals surface area (Å²) in [5.41, 5.74) is 1.24. The molecule has 0 aliphatic heterocycles. The molecular weight excluding hydrogens is 208 g/mol. The maximum atomic E-state index is 5.63. The minimum atomic E-state index is 0.549. The van der Waals surface area contributed by atoms with E-state index in [4.69, 9.17) is 4.74 Å². The van der Waals surface area contributed by atoms with Gasteiger partial charge in [0.25, 0.3) is 0 Å². The summed E-state index contributed by atoms with van der Waals surface area (Å²) in [5.74, 6) is 0.549. The molecule has 0 aromatic heterocycles. The Bertz CT molecular complexity index is 316. The number of rotatable bonds is 9. The Morgan fingerprint density at radius 1 is 1.18 bits per heavy atom. The van der Waals surface area contributed by atoms with Crippen LogP contribution in [0.5, 0.6) is 0 Å². The van der Waals surface area contributed by atoms with Crippen LogP contribution in [0.3, 0.4) is 0 Å². The smallest absolute Gasteiger partial charge is 0.0716 e. The van der Waals surface area contributed by atoms with Gasteiger partial charge >= 0.3 is 0 Å². The molecule has 0 N–H and O–H groups in total. The third-order valence-corrected chi connectivity index (χ3v) is 2.78. The molecule has 0 aliphatic carbocycles. The maximum Gasteiger partial charge on any atom is 0.0716 e.